The van der Waals surface area contributed by atoms with Crippen molar-refractivity contribution in [3.8, 4) is 0 Å². The van der Waals surface area contributed by atoms with Crippen molar-refractivity contribution in [1.29, 1.82) is 0 Å². The fourth-order valence-corrected chi connectivity index (χ4v) is 3.39. The number of nitrogens with one attached hydrogen (secondary N) is 1. The summed E-state index contributed by atoms with van der Waals surface area (Å²) >= 11 is 1.62. The molecular formula is C17H18N2S. The van der Waals surface area contributed by atoms with Gasteiger partial charge in [0, 0.05) is 22.7 Å². The topological polar surface area (TPSA) is 24.9 Å². The zero-order valence-electron chi connectivity index (χ0n) is 11.5. The highest BCUT2D eigenvalue weighted by Crippen LogP contribution is 2.27. The van der Waals surface area contributed by atoms with Gasteiger partial charge in [0.25, 0.3) is 0 Å². The van der Waals surface area contributed by atoms with Crippen molar-refractivity contribution in [1.82, 2.24) is 9.69 Å². The number of hydrogen-bond donors (Lipinski definition) is 1. The summed E-state index contributed by atoms with van der Waals surface area (Å²) in [6.07, 6.45) is 0.989. The van der Waals surface area contributed by atoms with Gasteiger partial charge in [0.05, 0.1) is 5.52 Å². The van der Waals surface area contributed by atoms with Crippen molar-refractivity contribution in [2.24, 2.45) is 0 Å². The molecule has 1 N–H and O–H groups in total. The highest BCUT2D eigenvalue weighted by atomic mass is 32.1. The molecule has 0 saturated carbocycles. The third-order valence-electron chi connectivity index (χ3n) is 3.50. The van der Waals surface area contributed by atoms with Crippen molar-refractivity contribution >= 4 is 22.4 Å². The molecule has 1 heterocycles. The Hall–Kier alpha value is -1.71. The van der Waals surface area contributed by atoms with E-state index in [9.17, 15) is 0 Å². The van der Waals surface area contributed by atoms with Crippen molar-refractivity contribution in [2.75, 3.05) is 6.54 Å². The van der Waals surface area contributed by atoms with Gasteiger partial charge in [-0.05, 0) is 29.7 Å². The maximum absolute atomic E-state index is 4.54. The van der Waals surface area contributed by atoms with Crippen LogP contribution in [0.1, 0.15) is 23.4 Å². The molecule has 1 atom stereocenters. The summed E-state index contributed by atoms with van der Waals surface area (Å²) in [5.74, 6) is 0. The van der Waals surface area contributed by atoms with E-state index in [0.29, 0.717) is 6.04 Å². The molecule has 0 saturated heterocycles. The van der Waals surface area contributed by atoms with E-state index in [1.165, 1.54) is 15.8 Å². The van der Waals surface area contributed by atoms with E-state index in [1.54, 1.807) is 11.5 Å². The van der Waals surface area contributed by atoms with Crippen LogP contribution in [0.3, 0.4) is 0 Å². The second kappa shape index (κ2) is 6.16. The van der Waals surface area contributed by atoms with E-state index in [0.717, 1.165) is 18.5 Å². The van der Waals surface area contributed by atoms with Crippen molar-refractivity contribution in [3.63, 3.8) is 0 Å². The Morgan fingerprint density at radius 3 is 2.60 bits per heavy atom. The fourth-order valence-electron chi connectivity index (χ4n) is 2.51. The lowest BCUT2D eigenvalue weighted by Gasteiger charge is -2.17. The van der Waals surface area contributed by atoms with E-state index in [4.69, 9.17) is 0 Å². The summed E-state index contributed by atoms with van der Waals surface area (Å²) in [4.78, 5) is 1.36. The molecule has 102 valence electrons. The van der Waals surface area contributed by atoms with Gasteiger partial charge < -0.3 is 5.32 Å². The molecule has 0 radical (unpaired) electrons. The molecule has 0 spiro atoms. The van der Waals surface area contributed by atoms with Gasteiger partial charge in [0.15, 0.2) is 0 Å². The second-order valence-corrected chi connectivity index (χ2v) is 5.71. The summed E-state index contributed by atoms with van der Waals surface area (Å²) in [6, 6.07) is 19.4. The standard InChI is InChI=1S/C17H18N2S/c1-2-18-16(13-8-4-3-5-9-13)12-17-14-10-6-7-11-15(14)19-20-17/h3-11,16,18H,2,12H2,1H3. The summed E-state index contributed by atoms with van der Waals surface area (Å²) in [7, 11) is 0. The molecule has 0 fully saturated rings. The molecule has 2 nitrogen and oxygen atoms in total. The first kappa shape index (κ1) is 13.3. The van der Waals surface area contributed by atoms with E-state index in [2.05, 4.69) is 65.1 Å². The minimum absolute atomic E-state index is 0.352. The molecule has 0 amide bonds. The van der Waals surface area contributed by atoms with Crippen LogP contribution in [0.25, 0.3) is 10.9 Å². The van der Waals surface area contributed by atoms with E-state index < -0.39 is 0 Å². The van der Waals surface area contributed by atoms with Gasteiger partial charge in [-0.3, -0.25) is 0 Å². The third-order valence-corrected chi connectivity index (χ3v) is 4.40. The number of benzene rings is 2. The smallest absolute Gasteiger partial charge is 0.0843 e. The maximum atomic E-state index is 4.54. The molecule has 20 heavy (non-hydrogen) atoms. The Kier molecular flexibility index (Phi) is 4.09. The third kappa shape index (κ3) is 2.74. The lowest BCUT2D eigenvalue weighted by Crippen LogP contribution is -2.22. The van der Waals surface area contributed by atoms with Crippen molar-refractivity contribution in [3.05, 3.63) is 65.0 Å². The molecule has 1 unspecified atom stereocenters. The van der Waals surface area contributed by atoms with E-state index in [-0.39, 0.29) is 0 Å². The number of hydrogen-bond acceptors (Lipinski definition) is 3. The fraction of sp³-hybridized carbons (Fsp3) is 0.235. The monoisotopic (exact) mass is 282 g/mol. The Labute approximate surface area is 123 Å². The van der Waals surface area contributed by atoms with Gasteiger partial charge in [-0.15, -0.1) is 0 Å². The quantitative estimate of drug-likeness (QED) is 0.759. The first-order valence-electron chi connectivity index (χ1n) is 7.00. The van der Waals surface area contributed by atoms with Gasteiger partial charge >= 0.3 is 0 Å². The van der Waals surface area contributed by atoms with Crippen LogP contribution >= 0.6 is 11.5 Å². The maximum Gasteiger partial charge on any atom is 0.0843 e. The molecular weight excluding hydrogens is 264 g/mol. The second-order valence-electron chi connectivity index (χ2n) is 4.85. The molecule has 3 aromatic rings. The molecule has 3 heteroatoms. The largest absolute Gasteiger partial charge is 0.310 e. The molecule has 2 aromatic carbocycles. The molecule has 0 aliphatic rings. The van der Waals surface area contributed by atoms with Gasteiger partial charge in [0.1, 0.15) is 0 Å². The summed E-state index contributed by atoms with van der Waals surface area (Å²) in [6.45, 7) is 3.12. The molecule has 0 aliphatic heterocycles. The Bertz CT molecular complexity index is 676. The minimum Gasteiger partial charge on any atom is -0.310 e. The van der Waals surface area contributed by atoms with Gasteiger partial charge in [0.2, 0.25) is 0 Å². The first-order chi connectivity index (χ1) is 9.88. The lowest BCUT2D eigenvalue weighted by molar-refractivity contribution is 0.554. The van der Waals surface area contributed by atoms with Crippen LogP contribution in [-0.2, 0) is 6.42 Å². The number of likely N-dealkylation sites (N-methyl/N-ethyl adjacent to an activating group) is 1. The predicted octanol–water partition coefficient (Wildman–Crippen LogP) is 4.19. The predicted molar refractivity (Wildman–Crippen MR) is 86.2 cm³/mol. The summed E-state index contributed by atoms with van der Waals surface area (Å²) < 4.78 is 4.54. The summed E-state index contributed by atoms with van der Waals surface area (Å²) in [5, 5.41) is 4.87. The van der Waals surface area contributed by atoms with Gasteiger partial charge in [-0.1, -0.05) is 55.5 Å². The Balaban J connectivity index is 1.90. The SMILES string of the molecule is CCNC(Cc1snc2ccccc12)c1ccccc1. The average Bonchev–Trinajstić information content (AvgIpc) is 2.91. The normalized spacial score (nSPS) is 12.7. The number of nitrogens with zero attached hydrogens (tertiary/aromatic N) is 1. The Morgan fingerprint density at radius 1 is 1.05 bits per heavy atom. The minimum atomic E-state index is 0.352. The number of rotatable bonds is 5. The molecule has 3 rings (SSSR count). The average molecular weight is 282 g/mol. The highest BCUT2D eigenvalue weighted by Gasteiger charge is 2.14. The highest BCUT2D eigenvalue weighted by molar-refractivity contribution is 7.07. The van der Waals surface area contributed by atoms with Crippen LogP contribution in [0.5, 0.6) is 0 Å². The lowest BCUT2D eigenvalue weighted by atomic mass is 10.0. The zero-order chi connectivity index (χ0) is 13.8. The van der Waals surface area contributed by atoms with E-state index >= 15 is 0 Å². The summed E-state index contributed by atoms with van der Waals surface area (Å²) in [5.41, 5.74) is 2.45. The zero-order valence-corrected chi connectivity index (χ0v) is 12.4. The van der Waals surface area contributed by atoms with Crippen LogP contribution in [0.4, 0.5) is 0 Å². The van der Waals surface area contributed by atoms with Gasteiger partial charge in [-0.25, -0.2) is 0 Å². The first-order valence-corrected chi connectivity index (χ1v) is 7.77. The number of fused-ring (bicyclic) bond motifs is 1. The van der Waals surface area contributed by atoms with Crippen LogP contribution < -0.4 is 5.32 Å². The number of aromatic nitrogens is 1. The molecule has 1 aromatic heterocycles. The molecule has 0 aliphatic carbocycles. The van der Waals surface area contributed by atoms with E-state index in [1.807, 2.05) is 6.07 Å². The van der Waals surface area contributed by atoms with Gasteiger partial charge in [-0.2, -0.15) is 4.37 Å². The van der Waals surface area contributed by atoms with Crippen LogP contribution in [0.2, 0.25) is 0 Å². The van der Waals surface area contributed by atoms with Crippen LogP contribution in [0.15, 0.2) is 54.6 Å². The van der Waals surface area contributed by atoms with Crippen molar-refractivity contribution in [2.45, 2.75) is 19.4 Å². The Morgan fingerprint density at radius 2 is 1.80 bits per heavy atom. The van der Waals surface area contributed by atoms with Crippen LogP contribution in [-0.4, -0.2) is 10.9 Å². The van der Waals surface area contributed by atoms with Crippen LogP contribution in [0, 0.1) is 0 Å². The molecule has 0 bridgehead atoms. The van der Waals surface area contributed by atoms with Crippen molar-refractivity contribution < 1.29 is 0 Å².